The predicted octanol–water partition coefficient (Wildman–Crippen LogP) is 0.337. The molecule has 0 radical (unpaired) electrons. The molecule has 0 heterocycles. The maximum absolute atomic E-state index is 11.6. The van der Waals surface area contributed by atoms with Gasteiger partial charge in [-0.25, -0.2) is 0 Å². The molecule has 7 heteroatoms. The fourth-order valence-corrected chi connectivity index (χ4v) is 1.65. The molecule has 2 N–H and O–H groups in total. The molecule has 0 spiro atoms. The van der Waals surface area contributed by atoms with Gasteiger partial charge >= 0.3 is 0 Å². The van der Waals surface area contributed by atoms with Gasteiger partial charge in [-0.2, -0.15) is 0 Å². The van der Waals surface area contributed by atoms with Gasteiger partial charge in [-0.3, -0.25) is 4.79 Å². The van der Waals surface area contributed by atoms with E-state index in [0.717, 1.165) is 0 Å². The number of hydrogen-bond acceptors (Lipinski definition) is 6. The molecule has 1 aromatic rings. The maximum Gasteiger partial charge on any atom is 0.258 e. The molecule has 0 aromatic heterocycles. The first-order valence-electron chi connectivity index (χ1n) is 6.40. The summed E-state index contributed by atoms with van der Waals surface area (Å²) in [4.78, 5) is 11.6. The summed E-state index contributed by atoms with van der Waals surface area (Å²) < 4.78 is 20.7. The minimum absolute atomic E-state index is 0.148. The van der Waals surface area contributed by atoms with Gasteiger partial charge in [0.25, 0.3) is 5.91 Å². The third kappa shape index (κ3) is 5.13. The van der Waals surface area contributed by atoms with Crippen LogP contribution in [0.1, 0.15) is 5.56 Å². The van der Waals surface area contributed by atoms with Gasteiger partial charge in [-0.05, 0) is 17.7 Å². The molecular formula is C14H21NO6. The highest BCUT2D eigenvalue weighted by molar-refractivity contribution is 5.77. The van der Waals surface area contributed by atoms with Crippen LogP contribution >= 0.6 is 0 Å². The fraction of sp³-hybridized carbons (Fsp3) is 0.500. The number of methoxy groups -OCH3 is 3. The number of ether oxygens (including phenoxy) is 4. The van der Waals surface area contributed by atoms with Crippen molar-refractivity contribution >= 4 is 5.91 Å². The van der Waals surface area contributed by atoms with E-state index in [0.29, 0.717) is 36.0 Å². The second-order valence-electron chi connectivity index (χ2n) is 4.12. The molecule has 0 aliphatic rings. The Morgan fingerprint density at radius 3 is 2.29 bits per heavy atom. The summed E-state index contributed by atoms with van der Waals surface area (Å²) in [5, 5.41) is 11.8. The van der Waals surface area contributed by atoms with Crippen molar-refractivity contribution in [1.82, 2.24) is 5.32 Å². The van der Waals surface area contributed by atoms with Crippen molar-refractivity contribution < 1.29 is 28.8 Å². The van der Waals surface area contributed by atoms with Gasteiger partial charge in [0.2, 0.25) is 5.75 Å². The van der Waals surface area contributed by atoms with Crippen LogP contribution in [0.25, 0.3) is 0 Å². The molecule has 118 valence electrons. The maximum atomic E-state index is 11.6. The molecule has 0 unspecified atom stereocenters. The topological polar surface area (TPSA) is 86.3 Å². The number of aliphatic hydroxyl groups excluding tert-OH is 1. The van der Waals surface area contributed by atoms with E-state index < -0.39 is 0 Å². The molecule has 0 saturated heterocycles. The van der Waals surface area contributed by atoms with E-state index in [2.05, 4.69) is 5.32 Å². The largest absolute Gasteiger partial charge is 0.493 e. The molecule has 0 fully saturated rings. The van der Waals surface area contributed by atoms with Crippen LogP contribution in [0, 0.1) is 0 Å². The molecule has 1 aromatic carbocycles. The van der Waals surface area contributed by atoms with Gasteiger partial charge in [-0.1, -0.05) is 0 Å². The zero-order valence-electron chi connectivity index (χ0n) is 12.5. The predicted molar refractivity (Wildman–Crippen MR) is 75.8 cm³/mol. The summed E-state index contributed by atoms with van der Waals surface area (Å²) in [6.07, 6.45) is 0. The van der Waals surface area contributed by atoms with Crippen LogP contribution in [0.15, 0.2) is 12.1 Å². The van der Waals surface area contributed by atoms with E-state index >= 15 is 0 Å². The SMILES string of the molecule is COCCNC(=O)COc1c(OC)cc(CO)cc1OC. The number of carbonyl (C=O) groups is 1. The molecule has 0 bridgehead atoms. The Morgan fingerprint density at radius 2 is 1.81 bits per heavy atom. The van der Waals surface area contributed by atoms with Gasteiger partial charge in [0.05, 0.1) is 27.4 Å². The number of aliphatic hydroxyl groups is 1. The minimum Gasteiger partial charge on any atom is -0.493 e. The minimum atomic E-state index is -0.276. The third-order valence-corrected chi connectivity index (χ3v) is 2.68. The Kier molecular flexibility index (Phi) is 7.34. The smallest absolute Gasteiger partial charge is 0.258 e. The number of hydrogen-bond donors (Lipinski definition) is 2. The molecule has 0 saturated carbocycles. The fourth-order valence-electron chi connectivity index (χ4n) is 1.65. The molecular weight excluding hydrogens is 278 g/mol. The quantitative estimate of drug-likeness (QED) is 0.639. The summed E-state index contributed by atoms with van der Waals surface area (Å²) in [5.74, 6) is 0.827. The van der Waals surface area contributed by atoms with Crippen molar-refractivity contribution in [3.63, 3.8) is 0 Å². The highest BCUT2D eigenvalue weighted by Crippen LogP contribution is 2.38. The zero-order valence-corrected chi connectivity index (χ0v) is 12.5. The highest BCUT2D eigenvalue weighted by atomic mass is 16.5. The van der Waals surface area contributed by atoms with Gasteiger partial charge < -0.3 is 29.4 Å². The molecule has 7 nitrogen and oxygen atoms in total. The summed E-state index contributed by atoms with van der Waals surface area (Å²) in [5.41, 5.74) is 0.626. The van der Waals surface area contributed by atoms with Gasteiger partial charge in [0.15, 0.2) is 18.1 Å². The standard InChI is InChI=1S/C14H21NO6/c1-18-5-4-15-13(17)9-21-14-11(19-2)6-10(8-16)7-12(14)20-3/h6-7,16H,4-5,8-9H2,1-3H3,(H,15,17). The first-order chi connectivity index (χ1) is 10.2. The van der Waals surface area contributed by atoms with E-state index in [-0.39, 0.29) is 19.1 Å². The van der Waals surface area contributed by atoms with Crippen molar-refractivity contribution in [2.75, 3.05) is 41.1 Å². The third-order valence-electron chi connectivity index (χ3n) is 2.68. The molecule has 21 heavy (non-hydrogen) atoms. The Labute approximate surface area is 123 Å². The van der Waals surface area contributed by atoms with Crippen molar-refractivity contribution in [2.45, 2.75) is 6.61 Å². The van der Waals surface area contributed by atoms with Crippen LogP contribution in [-0.2, 0) is 16.1 Å². The van der Waals surface area contributed by atoms with E-state index in [9.17, 15) is 9.90 Å². The van der Waals surface area contributed by atoms with Crippen LogP contribution < -0.4 is 19.5 Å². The Balaban J connectivity index is 2.75. The Bertz CT molecular complexity index is 438. The van der Waals surface area contributed by atoms with Crippen LogP contribution in [0.5, 0.6) is 17.2 Å². The number of amides is 1. The summed E-state index contributed by atoms with van der Waals surface area (Å²) in [7, 11) is 4.50. The highest BCUT2D eigenvalue weighted by Gasteiger charge is 2.15. The summed E-state index contributed by atoms with van der Waals surface area (Å²) in [6, 6.07) is 3.25. The number of rotatable bonds is 9. The van der Waals surface area contributed by atoms with Crippen LogP contribution in [-0.4, -0.2) is 52.1 Å². The van der Waals surface area contributed by atoms with Crippen molar-refractivity contribution in [2.24, 2.45) is 0 Å². The van der Waals surface area contributed by atoms with E-state index in [1.54, 1.807) is 19.2 Å². The number of carbonyl (C=O) groups excluding carboxylic acids is 1. The van der Waals surface area contributed by atoms with Gasteiger partial charge in [-0.15, -0.1) is 0 Å². The van der Waals surface area contributed by atoms with Crippen molar-refractivity contribution in [3.05, 3.63) is 17.7 Å². The van der Waals surface area contributed by atoms with E-state index in [1.807, 2.05) is 0 Å². The lowest BCUT2D eigenvalue weighted by atomic mass is 10.2. The number of benzene rings is 1. The lowest BCUT2D eigenvalue weighted by Gasteiger charge is -2.15. The average Bonchev–Trinajstić information content (AvgIpc) is 2.52. The molecule has 1 rings (SSSR count). The molecule has 0 atom stereocenters. The molecule has 1 amide bonds. The first kappa shape index (κ1) is 17.1. The Morgan fingerprint density at radius 1 is 1.19 bits per heavy atom. The van der Waals surface area contributed by atoms with Crippen LogP contribution in [0.3, 0.4) is 0 Å². The van der Waals surface area contributed by atoms with Gasteiger partial charge in [0, 0.05) is 13.7 Å². The van der Waals surface area contributed by atoms with Crippen molar-refractivity contribution in [3.8, 4) is 17.2 Å². The molecule has 0 aliphatic carbocycles. The first-order valence-corrected chi connectivity index (χ1v) is 6.40. The zero-order chi connectivity index (χ0) is 15.7. The second kappa shape index (κ2) is 9.04. The lowest BCUT2D eigenvalue weighted by Crippen LogP contribution is -2.31. The van der Waals surface area contributed by atoms with Crippen LogP contribution in [0.4, 0.5) is 0 Å². The van der Waals surface area contributed by atoms with Crippen LogP contribution in [0.2, 0.25) is 0 Å². The molecule has 0 aliphatic heterocycles. The number of nitrogens with one attached hydrogen (secondary N) is 1. The Hall–Kier alpha value is -1.99. The summed E-state index contributed by atoms with van der Waals surface area (Å²) in [6.45, 7) is 0.527. The lowest BCUT2D eigenvalue weighted by molar-refractivity contribution is -0.123. The summed E-state index contributed by atoms with van der Waals surface area (Å²) >= 11 is 0. The monoisotopic (exact) mass is 299 g/mol. The average molecular weight is 299 g/mol. The van der Waals surface area contributed by atoms with E-state index in [4.69, 9.17) is 18.9 Å². The second-order valence-corrected chi connectivity index (χ2v) is 4.12. The van der Waals surface area contributed by atoms with Crippen molar-refractivity contribution in [1.29, 1.82) is 0 Å². The normalized spacial score (nSPS) is 10.1. The van der Waals surface area contributed by atoms with E-state index in [1.165, 1.54) is 14.2 Å². The van der Waals surface area contributed by atoms with Gasteiger partial charge in [0.1, 0.15) is 0 Å².